The number of halogens is 3. The maximum Gasteiger partial charge on any atom is 0.501 e. The number of nitro groups is 1. The lowest BCUT2D eigenvalue weighted by Gasteiger charge is -2.11. The molecule has 1 amide bonds. The molecule has 0 heterocycles. The van der Waals surface area contributed by atoms with Crippen molar-refractivity contribution in [3.8, 4) is 0 Å². The van der Waals surface area contributed by atoms with Crippen LogP contribution in [0.2, 0.25) is 0 Å². The van der Waals surface area contributed by atoms with Gasteiger partial charge in [-0.3, -0.25) is 14.9 Å². The first-order valence-electron chi connectivity index (χ1n) is 5.78. The lowest BCUT2D eigenvalue weighted by molar-refractivity contribution is -0.384. The van der Waals surface area contributed by atoms with Gasteiger partial charge in [-0.05, 0) is 12.1 Å². The molecule has 1 N–H and O–H groups in total. The minimum Gasteiger partial charge on any atom is -0.320 e. The van der Waals surface area contributed by atoms with E-state index in [1.165, 1.54) is 13.8 Å². The number of hydrogen-bond acceptors (Lipinski definition) is 5. The molecule has 0 radical (unpaired) electrons. The summed E-state index contributed by atoms with van der Waals surface area (Å²) in [7, 11) is -5.71. The number of nitro benzene ring substituents is 1. The van der Waals surface area contributed by atoms with Gasteiger partial charge in [0, 0.05) is 12.0 Å². The van der Waals surface area contributed by atoms with Gasteiger partial charge in [0.15, 0.2) is 0 Å². The quantitative estimate of drug-likeness (QED) is 0.669. The van der Waals surface area contributed by atoms with E-state index in [1.54, 1.807) is 0 Å². The van der Waals surface area contributed by atoms with Crippen LogP contribution in [-0.2, 0) is 14.6 Å². The van der Waals surface area contributed by atoms with E-state index in [1.807, 2.05) is 0 Å². The molecule has 1 aromatic rings. The summed E-state index contributed by atoms with van der Waals surface area (Å²) >= 11 is 0. The van der Waals surface area contributed by atoms with Crippen molar-refractivity contribution >= 4 is 27.1 Å². The topological polar surface area (TPSA) is 106 Å². The smallest absolute Gasteiger partial charge is 0.320 e. The number of sulfone groups is 1. The minimum absolute atomic E-state index is 0.263. The molecule has 0 atom stereocenters. The van der Waals surface area contributed by atoms with Crippen molar-refractivity contribution in [3.63, 3.8) is 0 Å². The molecular weight excluding hydrogens is 329 g/mol. The van der Waals surface area contributed by atoms with Gasteiger partial charge in [0.25, 0.3) is 15.5 Å². The fourth-order valence-corrected chi connectivity index (χ4v) is 2.13. The van der Waals surface area contributed by atoms with E-state index < -0.39 is 42.7 Å². The van der Waals surface area contributed by atoms with Crippen molar-refractivity contribution in [3.05, 3.63) is 28.3 Å². The van der Waals surface area contributed by atoms with Crippen molar-refractivity contribution in [1.29, 1.82) is 0 Å². The molecule has 0 bridgehead atoms. The van der Waals surface area contributed by atoms with Gasteiger partial charge in [0.05, 0.1) is 9.82 Å². The number of hydrogen-bond donors (Lipinski definition) is 1. The Balaban J connectivity index is 3.39. The Morgan fingerprint density at radius 2 is 1.86 bits per heavy atom. The third-order valence-corrected chi connectivity index (χ3v) is 4.05. The van der Waals surface area contributed by atoms with E-state index in [-0.39, 0.29) is 11.8 Å². The molecule has 0 aliphatic heterocycles. The normalized spacial score (nSPS) is 12.3. The first kappa shape index (κ1) is 17.9. The van der Waals surface area contributed by atoms with Crippen LogP contribution in [0.3, 0.4) is 0 Å². The number of carbonyl (C=O) groups excluding carboxylic acids is 1. The highest BCUT2D eigenvalue weighted by molar-refractivity contribution is 7.92. The summed E-state index contributed by atoms with van der Waals surface area (Å²) in [4.78, 5) is 20.0. The number of nitrogens with zero attached hydrogens (tertiary/aromatic N) is 1. The molecule has 0 unspecified atom stereocenters. The van der Waals surface area contributed by atoms with Crippen LogP contribution in [0.1, 0.15) is 13.8 Å². The molecule has 22 heavy (non-hydrogen) atoms. The Morgan fingerprint density at radius 3 is 2.27 bits per heavy atom. The van der Waals surface area contributed by atoms with Crippen molar-refractivity contribution < 1.29 is 31.3 Å². The fourth-order valence-electron chi connectivity index (χ4n) is 1.35. The predicted octanol–water partition coefficient (Wildman–Crippen LogP) is 2.48. The Morgan fingerprint density at radius 1 is 1.32 bits per heavy atom. The van der Waals surface area contributed by atoms with E-state index in [0.717, 1.165) is 6.07 Å². The Labute approximate surface area is 123 Å². The van der Waals surface area contributed by atoms with Gasteiger partial charge in [0.1, 0.15) is 5.69 Å². The number of amides is 1. The van der Waals surface area contributed by atoms with E-state index in [2.05, 4.69) is 5.32 Å². The molecule has 0 saturated carbocycles. The second kappa shape index (κ2) is 5.91. The van der Waals surface area contributed by atoms with Gasteiger partial charge in [0.2, 0.25) is 5.91 Å². The maximum atomic E-state index is 12.4. The van der Waals surface area contributed by atoms with Crippen LogP contribution in [-0.4, -0.2) is 24.8 Å². The molecule has 0 saturated heterocycles. The Bertz CT molecular complexity index is 713. The molecule has 0 spiro atoms. The second-order valence-electron chi connectivity index (χ2n) is 4.53. The van der Waals surface area contributed by atoms with Crippen LogP contribution in [0.5, 0.6) is 0 Å². The maximum absolute atomic E-state index is 12.4. The molecule has 1 aromatic carbocycles. The summed E-state index contributed by atoms with van der Waals surface area (Å²) in [6, 6.07) is 1.56. The van der Waals surface area contributed by atoms with Crippen LogP contribution < -0.4 is 5.32 Å². The fraction of sp³-hybridized carbons (Fsp3) is 0.364. The zero-order chi connectivity index (χ0) is 17.3. The average Bonchev–Trinajstić information content (AvgIpc) is 2.37. The number of carbonyl (C=O) groups is 1. The SMILES string of the molecule is CC(C)C(=O)Nc1ccc(S(=O)(=O)C(F)(F)F)cc1[N+](=O)[O-]. The lowest BCUT2D eigenvalue weighted by atomic mass is 10.2. The van der Waals surface area contributed by atoms with Crippen LogP contribution in [0.4, 0.5) is 24.5 Å². The second-order valence-corrected chi connectivity index (χ2v) is 6.47. The van der Waals surface area contributed by atoms with Gasteiger partial charge in [-0.15, -0.1) is 0 Å². The summed E-state index contributed by atoms with van der Waals surface area (Å²) in [5.74, 6) is -1.13. The standard InChI is InChI=1S/C11H11F3N2O5S/c1-6(2)10(17)15-8-4-3-7(5-9(8)16(18)19)22(20,21)11(12,13)14/h3-6H,1-2H3,(H,15,17). The molecule has 0 aromatic heterocycles. The van der Waals surface area contributed by atoms with Crippen molar-refractivity contribution in [2.45, 2.75) is 24.3 Å². The van der Waals surface area contributed by atoms with E-state index in [4.69, 9.17) is 0 Å². The van der Waals surface area contributed by atoms with Crippen LogP contribution in [0.15, 0.2) is 23.1 Å². The lowest BCUT2D eigenvalue weighted by Crippen LogP contribution is -2.23. The van der Waals surface area contributed by atoms with Crippen LogP contribution in [0, 0.1) is 16.0 Å². The highest BCUT2D eigenvalue weighted by Crippen LogP contribution is 2.34. The molecule has 0 fully saturated rings. The summed E-state index contributed by atoms with van der Waals surface area (Å²) in [6.07, 6.45) is 0. The molecular formula is C11H11F3N2O5S. The van der Waals surface area contributed by atoms with Crippen LogP contribution in [0.25, 0.3) is 0 Å². The molecule has 11 heteroatoms. The number of rotatable bonds is 4. The molecule has 122 valence electrons. The Hall–Kier alpha value is -2.17. The van der Waals surface area contributed by atoms with Crippen molar-refractivity contribution in [2.24, 2.45) is 5.92 Å². The zero-order valence-corrected chi connectivity index (χ0v) is 12.2. The van der Waals surface area contributed by atoms with E-state index in [9.17, 15) is 36.5 Å². The Kier molecular flexibility index (Phi) is 4.80. The summed E-state index contributed by atoms with van der Waals surface area (Å²) in [6.45, 7) is 3.01. The van der Waals surface area contributed by atoms with Gasteiger partial charge < -0.3 is 5.32 Å². The largest absolute Gasteiger partial charge is 0.501 e. The average molecular weight is 340 g/mol. The van der Waals surface area contributed by atoms with E-state index in [0.29, 0.717) is 6.07 Å². The minimum atomic E-state index is -5.71. The van der Waals surface area contributed by atoms with Gasteiger partial charge in [-0.2, -0.15) is 13.2 Å². The first-order chi connectivity index (χ1) is 9.87. The number of anilines is 1. The number of nitrogens with one attached hydrogen (secondary N) is 1. The summed E-state index contributed by atoms with van der Waals surface area (Å²) < 4.78 is 59.8. The molecule has 7 nitrogen and oxygen atoms in total. The third-order valence-electron chi connectivity index (χ3n) is 2.56. The molecule has 0 aliphatic carbocycles. The van der Waals surface area contributed by atoms with Gasteiger partial charge in [-0.25, -0.2) is 8.42 Å². The van der Waals surface area contributed by atoms with Gasteiger partial charge in [-0.1, -0.05) is 13.8 Å². The number of alkyl halides is 3. The molecule has 0 aliphatic rings. The van der Waals surface area contributed by atoms with Crippen molar-refractivity contribution in [2.75, 3.05) is 5.32 Å². The molecule has 1 rings (SSSR count). The van der Waals surface area contributed by atoms with E-state index >= 15 is 0 Å². The van der Waals surface area contributed by atoms with Crippen molar-refractivity contribution in [1.82, 2.24) is 0 Å². The summed E-state index contributed by atoms with van der Waals surface area (Å²) in [5, 5.41) is 13.0. The highest BCUT2D eigenvalue weighted by atomic mass is 32.2. The summed E-state index contributed by atoms with van der Waals surface area (Å²) in [5.41, 5.74) is -6.91. The van der Waals surface area contributed by atoms with Crippen LogP contribution >= 0.6 is 0 Å². The third kappa shape index (κ3) is 3.53. The highest BCUT2D eigenvalue weighted by Gasteiger charge is 2.47. The van der Waals surface area contributed by atoms with Gasteiger partial charge >= 0.3 is 5.51 Å². The zero-order valence-electron chi connectivity index (χ0n) is 11.3. The number of benzene rings is 1. The first-order valence-corrected chi connectivity index (χ1v) is 7.27. The monoisotopic (exact) mass is 340 g/mol. The predicted molar refractivity (Wildman–Crippen MR) is 69.8 cm³/mol.